The van der Waals surface area contributed by atoms with Crippen LogP contribution < -0.4 is 0 Å². The normalized spacial score (nSPS) is 51.8. The maximum atomic E-state index is 9.44. The third kappa shape index (κ3) is 1.14. The van der Waals surface area contributed by atoms with E-state index < -0.39 is 12.4 Å². The summed E-state index contributed by atoms with van der Waals surface area (Å²) in [4.78, 5) is 0. The van der Waals surface area contributed by atoms with Crippen molar-refractivity contribution in [3.05, 3.63) is 0 Å². The molecule has 0 aromatic carbocycles. The van der Waals surface area contributed by atoms with Gasteiger partial charge in [-0.3, -0.25) is 0 Å². The first-order chi connectivity index (χ1) is 5.77. The average Bonchev–Trinajstić information content (AvgIpc) is 2.85. The van der Waals surface area contributed by atoms with Gasteiger partial charge in [0.15, 0.2) is 6.29 Å². The maximum absolute atomic E-state index is 9.44. The van der Waals surface area contributed by atoms with E-state index in [0.717, 1.165) is 0 Å². The van der Waals surface area contributed by atoms with E-state index >= 15 is 0 Å². The van der Waals surface area contributed by atoms with Gasteiger partial charge in [0, 0.05) is 7.11 Å². The first kappa shape index (κ1) is 8.40. The van der Waals surface area contributed by atoms with Gasteiger partial charge in [-0.05, 0) is 0 Å². The summed E-state index contributed by atoms with van der Waals surface area (Å²) in [5.74, 6) is 0. The Kier molecular flexibility index (Phi) is 2.05. The minimum atomic E-state index is -0.734. The van der Waals surface area contributed by atoms with Gasteiger partial charge in [0.05, 0.1) is 6.61 Å². The second-order valence-corrected chi connectivity index (χ2v) is 3.02. The molecule has 2 N–H and O–H groups in total. The van der Waals surface area contributed by atoms with E-state index in [9.17, 15) is 5.11 Å². The van der Waals surface area contributed by atoms with Crippen LogP contribution in [0.3, 0.4) is 0 Å². The van der Waals surface area contributed by atoms with Gasteiger partial charge in [-0.2, -0.15) is 0 Å². The zero-order valence-corrected chi connectivity index (χ0v) is 6.71. The van der Waals surface area contributed by atoms with E-state index in [1.54, 1.807) is 0 Å². The molecule has 0 saturated carbocycles. The van der Waals surface area contributed by atoms with Gasteiger partial charge in [-0.15, -0.1) is 0 Å². The molecule has 0 amide bonds. The van der Waals surface area contributed by atoms with Crippen molar-refractivity contribution in [2.75, 3.05) is 13.7 Å². The Morgan fingerprint density at radius 2 is 2.08 bits per heavy atom. The maximum Gasteiger partial charge on any atom is 0.186 e. The summed E-state index contributed by atoms with van der Waals surface area (Å²) in [6.45, 7) is -0.103. The predicted octanol–water partition coefficient (Wildman–Crippen LogP) is -1.52. The molecule has 70 valence electrons. The molecular formula is C7H12O5. The van der Waals surface area contributed by atoms with Crippen LogP contribution >= 0.6 is 0 Å². The molecule has 2 aliphatic rings. The molecule has 2 saturated heterocycles. The van der Waals surface area contributed by atoms with Crippen LogP contribution in [0.2, 0.25) is 0 Å². The Balaban J connectivity index is 2.01. The Morgan fingerprint density at radius 1 is 1.33 bits per heavy atom. The zero-order valence-electron chi connectivity index (χ0n) is 6.71. The molecular weight excluding hydrogens is 164 g/mol. The lowest BCUT2D eigenvalue weighted by atomic mass is 10.1. The summed E-state index contributed by atoms with van der Waals surface area (Å²) >= 11 is 0. The van der Waals surface area contributed by atoms with Gasteiger partial charge in [-0.25, -0.2) is 0 Å². The van der Waals surface area contributed by atoms with Crippen molar-refractivity contribution in [3.8, 4) is 0 Å². The van der Waals surface area contributed by atoms with Crippen LogP contribution in [0, 0.1) is 0 Å². The molecule has 12 heavy (non-hydrogen) atoms. The molecule has 0 aliphatic carbocycles. The average molecular weight is 176 g/mol. The molecule has 2 fully saturated rings. The number of hydrogen-bond donors (Lipinski definition) is 2. The topological polar surface area (TPSA) is 71.5 Å². The largest absolute Gasteiger partial charge is 0.394 e. The second kappa shape index (κ2) is 2.93. The fourth-order valence-electron chi connectivity index (χ4n) is 1.54. The summed E-state index contributed by atoms with van der Waals surface area (Å²) in [6.07, 6.45) is -2.14. The molecule has 5 atom stereocenters. The SMILES string of the molecule is CO[C@@H]1O[C@H](CO)[C@@H]2O[C@@H]2[C@H]1O. The van der Waals surface area contributed by atoms with Crippen LogP contribution in [0.25, 0.3) is 0 Å². The monoisotopic (exact) mass is 176 g/mol. The molecule has 0 bridgehead atoms. The van der Waals surface area contributed by atoms with E-state index in [-0.39, 0.29) is 24.9 Å². The van der Waals surface area contributed by atoms with Gasteiger partial charge >= 0.3 is 0 Å². The summed E-state index contributed by atoms with van der Waals surface area (Å²) < 4.78 is 15.2. The fourth-order valence-corrected chi connectivity index (χ4v) is 1.54. The van der Waals surface area contributed by atoms with E-state index in [4.69, 9.17) is 19.3 Å². The number of hydrogen-bond acceptors (Lipinski definition) is 5. The molecule has 0 radical (unpaired) electrons. The van der Waals surface area contributed by atoms with Crippen LogP contribution in [0.1, 0.15) is 0 Å². The van der Waals surface area contributed by atoms with Crippen LogP contribution in [0.4, 0.5) is 0 Å². The molecule has 5 nitrogen and oxygen atoms in total. The van der Waals surface area contributed by atoms with E-state index in [1.807, 2.05) is 0 Å². The molecule has 0 aromatic rings. The van der Waals surface area contributed by atoms with Crippen molar-refractivity contribution in [2.45, 2.75) is 30.7 Å². The van der Waals surface area contributed by atoms with Gasteiger partial charge in [0.1, 0.15) is 24.4 Å². The Labute approximate surface area is 69.8 Å². The molecule has 2 aliphatic heterocycles. The van der Waals surface area contributed by atoms with Crippen molar-refractivity contribution in [1.82, 2.24) is 0 Å². The van der Waals surface area contributed by atoms with Crippen LogP contribution in [-0.2, 0) is 14.2 Å². The highest BCUT2D eigenvalue weighted by Crippen LogP contribution is 2.37. The van der Waals surface area contributed by atoms with Crippen LogP contribution in [-0.4, -0.2) is 54.6 Å². The summed E-state index contributed by atoms with van der Waals surface area (Å²) in [5.41, 5.74) is 0. The predicted molar refractivity (Wildman–Crippen MR) is 37.4 cm³/mol. The van der Waals surface area contributed by atoms with Gasteiger partial charge in [0.25, 0.3) is 0 Å². The number of ether oxygens (including phenoxy) is 3. The van der Waals surface area contributed by atoms with Gasteiger partial charge in [-0.1, -0.05) is 0 Å². The first-order valence-corrected chi connectivity index (χ1v) is 3.90. The van der Waals surface area contributed by atoms with Crippen molar-refractivity contribution in [2.24, 2.45) is 0 Å². The van der Waals surface area contributed by atoms with E-state index in [1.165, 1.54) is 7.11 Å². The van der Waals surface area contributed by atoms with Gasteiger partial charge in [0.2, 0.25) is 0 Å². The highest BCUT2D eigenvalue weighted by Gasteiger charge is 2.57. The highest BCUT2D eigenvalue weighted by molar-refractivity contribution is 5.01. The fraction of sp³-hybridized carbons (Fsp3) is 1.00. The van der Waals surface area contributed by atoms with Crippen molar-refractivity contribution >= 4 is 0 Å². The summed E-state index contributed by atoms with van der Waals surface area (Å²) in [6, 6.07) is 0. The smallest absolute Gasteiger partial charge is 0.186 e. The summed E-state index contributed by atoms with van der Waals surface area (Å²) in [7, 11) is 1.45. The first-order valence-electron chi connectivity index (χ1n) is 3.90. The van der Waals surface area contributed by atoms with Gasteiger partial charge < -0.3 is 24.4 Å². The zero-order chi connectivity index (χ0) is 8.72. The quantitative estimate of drug-likeness (QED) is 0.500. The minimum absolute atomic E-state index is 0.103. The number of epoxide rings is 1. The lowest BCUT2D eigenvalue weighted by molar-refractivity contribution is -0.223. The Bertz CT molecular complexity index is 173. The lowest BCUT2D eigenvalue weighted by Gasteiger charge is -2.28. The third-order valence-electron chi connectivity index (χ3n) is 2.26. The molecule has 2 rings (SSSR count). The number of aliphatic hydroxyl groups is 2. The summed E-state index contributed by atoms with van der Waals surface area (Å²) in [5, 5.41) is 18.3. The molecule has 0 spiro atoms. The number of aliphatic hydroxyl groups excluding tert-OH is 2. The molecule has 0 aromatic heterocycles. The van der Waals surface area contributed by atoms with Crippen molar-refractivity contribution < 1.29 is 24.4 Å². The lowest BCUT2D eigenvalue weighted by Crippen LogP contribution is -2.47. The van der Waals surface area contributed by atoms with Crippen molar-refractivity contribution in [3.63, 3.8) is 0 Å². The third-order valence-corrected chi connectivity index (χ3v) is 2.26. The number of fused-ring (bicyclic) bond motifs is 1. The van der Waals surface area contributed by atoms with Crippen LogP contribution in [0.15, 0.2) is 0 Å². The minimum Gasteiger partial charge on any atom is -0.394 e. The Morgan fingerprint density at radius 3 is 2.67 bits per heavy atom. The number of methoxy groups -OCH3 is 1. The molecule has 2 heterocycles. The Hall–Kier alpha value is -0.200. The van der Waals surface area contributed by atoms with Crippen molar-refractivity contribution in [1.29, 1.82) is 0 Å². The second-order valence-electron chi connectivity index (χ2n) is 3.02. The van der Waals surface area contributed by atoms with E-state index in [0.29, 0.717) is 0 Å². The van der Waals surface area contributed by atoms with Crippen LogP contribution in [0.5, 0.6) is 0 Å². The number of rotatable bonds is 2. The highest BCUT2D eigenvalue weighted by atomic mass is 16.7. The standard InChI is InChI=1S/C7H12O5/c1-10-7-4(9)6-5(12-6)3(2-8)11-7/h3-9H,2H2,1H3/t3-,4-,5+,6-,7-/m1/s1. The van der Waals surface area contributed by atoms with E-state index in [2.05, 4.69) is 0 Å². The molecule has 0 unspecified atom stereocenters. The molecule has 5 heteroatoms.